The van der Waals surface area contributed by atoms with Crippen LogP contribution in [0.3, 0.4) is 0 Å². The van der Waals surface area contributed by atoms with Gasteiger partial charge in [-0.3, -0.25) is 4.68 Å². The Labute approximate surface area is 127 Å². The van der Waals surface area contributed by atoms with Gasteiger partial charge in [-0.2, -0.15) is 5.10 Å². The Morgan fingerprint density at radius 2 is 2.10 bits per heavy atom. The van der Waals surface area contributed by atoms with E-state index in [1.165, 1.54) is 0 Å². The average molecular weight is 339 g/mol. The highest BCUT2D eigenvalue weighted by molar-refractivity contribution is 9.10. The molecule has 2 rings (SSSR count). The van der Waals surface area contributed by atoms with Crippen molar-refractivity contribution in [2.45, 2.75) is 33.6 Å². The zero-order valence-corrected chi connectivity index (χ0v) is 13.6. The molecule has 5 heteroatoms. The quantitative estimate of drug-likeness (QED) is 0.805. The van der Waals surface area contributed by atoms with Crippen LogP contribution >= 0.6 is 15.9 Å². The molecule has 0 saturated carbocycles. The van der Waals surface area contributed by atoms with Gasteiger partial charge < -0.3 is 9.47 Å². The van der Waals surface area contributed by atoms with Crippen LogP contribution in [0.1, 0.15) is 23.9 Å². The summed E-state index contributed by atoms with van der Waals surface area (Å²) in [7, 11) is 1.69. The third-order valence-corrected chi connectivity index (χ3v) is 4.07. The maximum Gasteiger partial charge on any atom is 0.131 e. The minimum Gasteiger partial charge on any atom is -0.487 e. The van der Waals surface area contributed by atoms with Crippen LogP contribution in [0, 0.1) is 6.92 Å². The van der Waals surface area contributed by atoms with Crippen molar-refractivity contribution in [3.63, 3.8) is 0 Å². The van der Waals surface area contributed by atoms with Crippen molar-refractivity contribution >= 4 is 15.9 Å². The molecular weight excluding hydrogens is 320 g/mol. The van der Waals surface area contributed by atoms with Gasteiger partial charge in [0.2, 0.25) is 0 Å². The molecule has 1 aromatic heterocycles. The summed E-state index contributed by atoms with van der Waals surface area (Å²) in [5.74, 6) is 0.841. The van der Waals surface area contributed by atoms with Crippen molar-refractivity contribution in [2.75, 3.05) is 7.11 Å². The predicted octanol–water partition coefficient (Wildman–Crippen LogP) is 3.70. The molecular formula is C15H19BrN2O2. The van der Waals surface area contributed by atoms with Crippen LogP contribution in [0.25, 0.3) is 0 Å². The zero-order chi connectivity index (χ0) is 14.5. The van der Waals surface area contributed by atoms with Crippen LogP contribution in [0.5, 0.6) is 5.75 Å². The Hall–Kier alpha value is -1.33. The topological polar surface area (TPSA) is 36.3 Å². The van der Waals surface area contributed by atoms with Crippen LogP contribution < -0.4 is 4.74 Å². The SMILES string of the molecule is CCn1nc(C)c(Br)c1COc1cccc(COC)c1. The fourth-order valence-electron chi connectivity index (χ4n) is 2.05. The molecule has 0 bridgehead atoms. The van der Waals surface area contributed by atoms with Crippen LogP contribution in [-0.2, 0) is 24.5 Å². The molecule has 0 N–H and O–H groups in total. The molecule has 0 amide bonds. The largest absolute Gasteiger partial charge is 0.487 e. The summed E-state index contributed by atoms with van der Waals surface area (Å²) in [6.07, 6.45) is 0. The van der Waals surface area contributed by atoms with E-state index in [1.54, 1.807) is 7.11 Å². The molecule has 1 aromatic carbocycles. The van der Waals surface area contributed by atoms with Crippen molar-refractivity contribution in [2.24, 2.45) is 0 Å². The number of nitrogens with zero attached hydrogens (tertiary/aromatic N) is 2. The number of halogens is 1. The van der Waals surface area contributed by atoms with Gasteiger partial charge in [-0.25, -0.2) is 0 Å². The second-order valence-corrected chi connectivity index (χ2v) is 5.32. The zero-order valence-electron chi connectivity index (χ0n) is 12.0. The van der Waals surface area contributed by atoms with Crippen molar-refractivity contribution in [3.05, 3.63) is 45.7 Å². The molecule has 108 valence electrons. The Morgan fingerprint density at radius 1 is 1.30 bits per heavy atom. The van der Waals surface area contributed by atoms with Gasteiger partial charge >= 0.3 is 0 Å². The van der Waals surface area contributed by atoms with E-state index in [0.29, 0.717) is 13.2 Å². The lowest BCUT2D eigenvalue weighted by molar-refractivity contribution is 0.184. The highest BCUT2D eigenvalue weighted by Gasteiger charge is 2.12. The molecule has 0 spiro atoms. The molecule has 0 unspecified atom stereocenters. The van der Waals surface area contributed by atoms with Crippen molar-refractivity contribution in [3.8, 4) is 5.75 Å². The Balaban J connectivity index is 2.10. The molecule has 0 aliphatic rings. The summed E-state index contributed by atoms with van der Waals surface area (Å²) in [6.45, 7) is 5.97. The number of benzene rings is 1. The smallest absolute Gasteiger partial charge is 0.131 e. The number of aromatic nitrogens is 2. The number of methoxy groups -OCH3 is 1. The summed E-state index contributed by atoms with van der Waals surface area (Å²) in [6, 6.07) is 7.94. The number of hydrogen-bond acceptors (Lipinski definition) is 3. The van der Waals surface area contributed by atoms with Gasteiger partial charge in [-0.15, -0.1) is 0 Å². The summed E-state index contributed by atoms with van der Waals surface area (Å²) < 4.78 is 14.0. The highest BCUT2D eigenvalue weighted by Crippen LogP contribution is 2.23. The van der Waals surface area contributed by atoms with Gasteiger partial charge in [0.05, 0.1) is 22.5 Å². The molecule has 1 heterocycles. The normalized spacial score (nSPS) is 10.8. The van der Waals surface area contributed by atoms with Gasteiger partial charge in [0.15, 0.2) is 0 Å². The third kappa shape index (κ3) is 3.41. The second-order valence-electron chi connectivity index (χ2n) is 4.53. The monoisotopic (exact) mass is 338 g/mol. The van der Waals surface area contributed by atoms with Crippen molar-refractivity contribution in [1.82, 2.24) is 9.78 Å². The molecule has 0 aliphatic heterocycles. The molecule has 0 fully saturated rings. The summed E-state index contributed by atoms with van der Waals surface area (Å²) in [5, 5.41) is 4.46. The van der Waals surface area contributed by atoms with Crippen LogP contribution in [-0.4, -0.2) is 16.9 Å². The minimum atomic E-state index is 0.492. The van der Waals surface area contributed by atoms with Gasteiger partial charge in [-0.1, -0.05) is 12.1 Å². The van der Waals surface area contributed by atoms with Crippen LogP contribution in [0.15, 0.2) is 28.7 Å². The molecule has 0 atom stereocenters. The molecule has 0 radical (unpaired) electrons. The van der Waals surface area contributed by atoms with E-state index in [0.717, 1.165) is 33.7 Å². The van der Waals surface area contributed by atoms with E-state index < -0.39 is 0 Å². The maximum absolute atomic E-state index is 5.87. The number of hydrogen-bond donors (Lipinski definition) is 0. The Morgan fingerprint density at radius 3 is 2.80 bits per heavy atom. The molecule has 20 heavy (non-hydrogen) atoms. The van der Waals surface area contributed by atoms with Crippen LogP contribution in [0.2, 0.25) is 0 Å². The highest BCUT2D eigenvalue weighted by atomic mass is 79.9. The fourth-order valence-corrected chi connectivity index (χ4v) is 2.45. The lowest BCUT2D eigenvalue weighted by Crippen LogP contribution is -2.06. The predicted molar refractivity (Wildman–Crippen MR) is 81.8 cm³/mol. The van der Waals surface area contributed by atoms with E-state index in [2.05, 4.69) is 28.0 Å². The number of aryl methyl sites for hydroxylation is 2. The Bertz CT molecular complexity index is 581. The van der Waals surface area contributed by atoms with Gasteiger partial charge in [0.25, 0.3) is 0 Å². The first-order chi connectivity index (χ1) is 9.65. The van der Waals surface area contributed by atoms with E-state index in [-0.39, 0.29) is 0 Å². The first-order valence-corrected chi connectivity index (χ1v) is 7.37. The molecule has 0 saturated heterocycles. The maximum atomic E-state index is 5.87. The number of ether oxygens (including phenoxy) is 2. The first kappa shape index (κ1) is 15.1. The molecule has 4 nitrogen and oxygen atoms in total. The molecule has 0 aliphatic carbocycles. The van der Waals surface area contributed by atoms with Gasteiger partial charge in [0, 0.05) is 13.7 Å². The van der Waals surface area contributed by atoms with Gasteiger partial charge in [-0.05, 0) is 47.5 Å². The first-order valence-electron chi connectivity index (χ1n) is 6.58. The van der Waals surface area contributed by atoms with E-state index in [4.69, 9.17) is 9.47 Å². The second kappa shape index (κ2) is 6.90. The Kier molecular flexibility index (Phi) is 5.20. The van der Waals surface area contributed by atoms with E-state index >= 15 is 0 Å². The standard InChI is InChI=1S/C15H19BrN2O2/c1-4-18-14(15(16)11(2)17-18)10-20-13-7-5-6-12(8-13)9-19-3/h5-8H,4,9-10H2,1-3H3. The lowest BCUT2D eigenvalue weighted by atomic mass is 10.2. The summed E-state index contributed by atoms with van der Waals surface area (Å²) in [4.78, 5) is 0. The van der Waals surface area contributed by atoms with Crippen molar-refractivity contribution < 1.29 is 9.47 Å². The number of rotatable bonds is 6. The summed E-state index contributed by atoms with van der Waals surface area (Å²) in [5.41, 5.74) is 3.14. The average Bonchev–Trinajstić information content (AvgIpc) is 2.73. The fraction of sp³-hybridized carbons (Fsp3) is 0.400. The minimum absolute atomic E-state index is 0.492. The van der Waals surface area contributed by atoms with Crippen molar-refractivity contribution in [1.29, 1.82) is 0 Å². The van der Waals surface area contributed by atoms with E-state index in [9.17, 15) is 0 Å². The lowest BCUT2D eigenvalue weighted by Gasteiger charge is -2.09. The molecule has 2 aromatic rings. The third-order valence-electron chi connectivity index (χ3n) is 3.04. The van der Waals surface area contributed by atoms with E-state index in [1.807, 2.05) is 35.9 Å². The van der Waals surface area contributed by atoms with Crippen LogP contribution in [0.4, 0.5) is 0 Å². The summed E-state index contributed by atoms with van der Waals surface area (Å²) >= 11 is 3.57. The van der Waals surface area contributed by atoms with Gasteiger partial charge in [0.1, 0.15) is 12.4 Å².